The Morgan fingerprint density at radius 3 is 2.72 bits per heavy atom. The molecule has 3 aliphatic heterocycles. The Morgan fingerprint density at radius 2 is 1.87 bits per heavy atom. The van der Waals surface area contributed by atoms with Crippen molar-refractivity contribution >= 4 is 11.8 Å². The number of piperidine rings is 1. The van der Waals surface area contributed by atoms with Crippen LogP contribution in [-0.4, -0.2) is 73.7 Å². The van der Waals surface area contributed by atoms with Gasteiger partial charge in [-0.05, 0) is 62.8 Å². The number of ether oxygens (including phenoxy) is 3. The molecule has 0 aromatic heterocycles. The molecule has 3 heterocycles. The highest BCUT2D eigenvalue weighted by molar-refractivity contribution is 5.97. The van der Waals surface area contributed by atoms with Crippen LogP contribution >= 0.6 is 0 Å². The predicted octanol–water partition coefficient (Wildman–Crippen LogP) is 5.09. The van der Waals surface area contributed by atoms with Crippen molar-refractivity contribution in [3.05, 3.63) is 59.9 Å². The van der Waals surface area contributed by atoms with E-state index in [9.17, 15) is 14.0 Å². The van der Waals surface area contributed by atoms with E-state index in [0.717, 1.165) is 51.5 Å². The molecule has 3 aliphatic rings. The van der Waals surface area contributed by atoms with E-state index in [1.807, 2.05) is 34.1 Å². The van der Waals surface area contributed by atoms with Crippen LogP contribution in [-0.2, 0) is 9.53 Å². The first-order valence-electron chi connectivity index (χ1n) is 14.3. The molecule has 7 nitrogen and oxygen atoms in total. The smallest absolute Gasteiger partial charge is 0.257 e. The van der Waals surface area contributed by atoms with Crippen LogP contribution in [0.1, 0.15) is 61.7 Å². The maximum Gasteiger partial charge on any atom is 0.257 e. The van der Waals surface area contributed by atoms with Gasteiger partial charge in [-0.15, -0.1) is 0 Å². The number of carbonyl (C=O) groups is 2. The second kappa shape index (κ2) is 12.8. The number of rotatable bonds is 4. The molecule has 0 radical (unpaired) electrons. The lowest BCUT2D eigenvalue weighted by atomic mass is 9.75. The summed E-state index contributed by atoms with van der Waals surface area (Å²) >= 11 is 0. The molecule has 0 N–H and O–H groups in total. The third-order valence-electron chi connectivity index (χ3n) is 8.40. The van der Waals surface area contributed by atoms with Crippen molar-refractivity contribution in [1.82, 2.24) is 9.80 Å². The predicted molar refractivity (Wildman–Crippen MR) is 145 cm³/mol. The van der Waals surface area contributed by atoms with E-state index in [-0.39, 0.29) is 42.1 Å². The molecule has 2 aromatic rings. The molecule has 2 amide bonds. The van der Waals surface area contributed by atoms with Gasteiger partial charge in [0.15, 0.2) is 0 Å². The molecule has 2 aromatic carbocycles. The van der Waals surface area contributed by atoms with Gasteiger partial charge >= 0.3 is 0 Å². The quantitative estimate of drug-likeness (QED) is 0.543. The molecule has 210 valence electrons. The van der Waals surface area contributed by atoms with Gasteiger partial charge in [0.2, 0.25) is 5.91 Å². The summed E-state index contributed by atoms with van der Waals surface area (Å²) in [4.78, 5) is 30.2. The normalized spacial score (nSPS) is 22.0. The van der Waals surface area contributed by atoms with Crippen molar-refractivity contribution in [1.29, 1.82) is 0 Å². The molecule has 5 rings (SSSR count). The molecule has 0 saturated carbocycles. The summed E-state index contributed by atoms with van der Waals surface area (Å²) < 4.78 is 31.4. The third-order valence-corrected chi connectivity index (χ3v) is 8.40. The zero-order valence-electron chi connectivity index (χ0n) is 22.6. The highest BCUT2D eigenvalue weighted by Gasteiger charge is 2.37. The lowest BCUT2D eigenvalue weighted by Gasteiger charge is -2.42. The number of fused-ring (bicyclic) bond motifs is 2. The number of likely N-dealkylation sites (tertiary alicyclic amines) is 1. The van der Waals surface area contributed by atoms with E-state index >= 15 is 0 Å². The molecule has 1 spiro atoms. The third kappa shape index (κ3) is 6.90. The Balaban J connectivity index is 1.21. The Kier molecular flexibility index (Phi) is 9.02. The summed E-state index contributed by atoms with van der Waals surface area (Å²) in [6.07, 6.45) is 6.91. The van der Waals surface area contributed by atoms with Crippen LogP contribution in [0, 0.1) is 11.2 Å². The molecule has 39 heavy (non-hydrogen) atoms. The van der Waals surface area contributed by atoms with Crippen LogP contribution in [0.15, 0.2) is 48.5 Å². The van der Waals surface area contributed by atoms with Crippen molar-refractivity contribution in [2.75, 3.05) is 46.1 Å². The summed E-state index contributed by atoms with van der Waals surface area (Å²) in [5, 5.41) is 0. The van der Waals surface area contributed by atoms with Crippen molar-refractivity contribution < 1.29 is 28.2 Å². The van der Waals surface area contributed by atoms with E-state index < -0.39 is 0 Å². The monoisotopic (exact) mass is 538 g/mol. The van der Waals surface area contributed by atoms with Crippen molar-refractivity contribution in [2.24, 2.45) is 5.41 Å². The Bertz CT molecular complexity index is 1130. The van der Waals surface area contributed by atoms with Gasteiger partial charge in [0, 0.05) is 37.7 Å². The lowest BCUT2D eigenvalue weighted by Crippen LogP contribution is -2.46. The molecule has 0 bridgehead atoms. The molecule has 0 unspecified atom stereocenters. The average Bonchev–Trinajstić information content (AvgIpc) is 3.42. The summed E-state index contributed by atoms with van der Waals surface area (Å²) in [7, 11) is 0. The molecule has 0 aliphatic carbocycles. The van der Waals surface area contributed by atoms with E-state index in [4.69, 9.17) is 14.2 Å². The first-order valence-corrected chi connectivity index (χ1v) is 14.3. The van der Waals surface area contributed by atoms with Crippen LogP contribution in [0.2, 0.25) is 0 Å². The maximum absolute atomic E-state index is 13.5. The fraction of sp³-hybridized carbons (Fsp3) is 0.548. The SMILES string of the molecule is O=C(CCOc1cccc(F)c1)N1CCC2(CCCCOC[C@@H]3CCCN3C(=O)c3ccccc3OC2)CC1. The Labute approximate surface area is 230 Å². The summed E-state index contributed by atoms with van der Waals surface area (Å²) in [6, 6.07) is 13.7. The molecule has 1 atom stereocenters. The molecule has 8 heteroatoms. The van der Waals surface area contributed by atoms with Crippen LogP contribution in [0.5, 0.6) is 11.5 Å². The van der Waals surface area contributed by atoms with Crippen LogP contribution in [0.25, 0.3) is 0 Å². The van der Waals surface area contributed by atoms with E-state index in [0.29, 0.717) is 50.0 Å². The van der Waals surface area contributed by atoms with Crippen LogP contribution in [0.3, 0.4) is 0 Å². The van der Waals surface area contributed by atoms with E-state index in [2.05, 4.69) is 0 Å². The minimum atomic E-state index is -0.357. The van der Waals surface area contributed by atoms with Gasteiger partial charge in [-0.1, -0.05) is 24.6 Å². The van der Waals surface area contributed by atoms with E-state index in [1.54, 1.807) is 12.1 Å². The summed E-state index contributed by atoms with van der Waals surface area (Å²) in [5.41, 5.74) is 0.549. The van der Waals surface area contributed by atoms with Gasteiger partial charge in [0.1, 0.15) is 17.3 Å². The number of hydrogen-bond acceptors (Lipinski definition) is 5. The largest absolute Gasteiger partial charge is 0.493 e. The number of amides is 2. The van der Waals surface area contributed by atoms with Gasteiger partial charge in [-0.25, -0.2) is 4.39 Å². The second-order valence-electron chi connectivity index (χ2n) is 11.0. The number of carbonyl (C=O) groups excluding carboxylic acids is 2. The second-order valence-corrected chi connectivity index (χ2v) is 11.0. The maximum atomic E-state index is 13.5. The molecular formula is C31H39FN2O5. The van der Waals surface area contributed by atoms with Crippen molar-refractivity contribution in [2.45, 2.75) is 57.4 Å². The van der Waals surface area contributed by atoms with Gasteiger partial charge in [-0.3, -0.25) is 9.59 Å². The molecular weight excluding hydrogens is 499 g/mol. The van der Waals surface area contributed by atoms with Crippen molar-refractivity contribution in [3.63, 3.8) is 0 Å². The van der Waals surface area contributed by atoms with Gasteiger partial charge < -0.3 is 24.0 Å². The lowest BCUT2D eigenvalue weighted by molar-refractivity contribution is -0.134. The number of hydrogen-bond donors (Lipinski definition) is 0. The highest BCUT2D eigenvalue weighted by atomic mass is 19.1. The minimum Gasteiger partial charge on any atom is -0.493 e. The zero-order valence-corrected chi connectivity index (χ0v) is 22.6. The molecule has 2 saturated heterocycles. The zero-order chi connectivity index (χ0) is 27.1. The standard InChI is InChI=1S/C31H39FN2O5/c32-24-7-5-9-26(21-24)38-20-12-29(35)33-17-14-31(15-18-33)13-3-4-19-37-22-25-8-6-16-34(25)30(36)27-10-1-2-11-28(27)39-23-31/h1-2,5,7,9-11,21,25H,3-4,6,8,12-20,22-23H2/t25-/m0/s1. The summed E-state index contributed by atoms with van der Waals surface area (Å²) in [6.45, 7) is 4.09. The summed E-state index contributed by atoms with van der Waals surface area (Å²) in [5.74, 6) is 0.777. The Morgan fingerprint density at radius 1 is 1.03 bits per heavy atom. The topological polar surface area (TPSA) is 68.3 Å². The first kappa shape index (κ1) is 27.4. The number of halogens is 1. The van der Waals surface area contributed by atoms with Gasteiger partial charge in [0.25, 0.3) is 5.91 Å². The van der Waals surface area contributed by atoms with Gasteiger partial charge in [-0.2, -0.15) is 0 Å². The van der Waals surface area contributed by atoms with Crippen LogP contribution < -0.4 is 9.47 Å². The van der Waals surface area contributed by atoms with Gasteiger partial charge in [0.05, 0.1) is 37.8 Å². The number of nitrogens with zero attached hydrogens (tertiary/aromatic N) is 2. The highest BCUT2D eigenvalue weighted by Crippen LogP contribution is 2.38. The van der Waals surface area contributed by atoms with E-state index in [1.165, 1.54) is 12.1 Å². The number of benzene rings is 2. The van der Waals surface area contributed by atoms with Crippen LogP contribution in [0.4, 0.5) is 4.39 Å². The van der Waals surface area contributed by atoms with Crippen molar-refractivity contribution in [3.8, 4) is 11.5 Å². The minimum absolute atomic E-state index is 0.0173. The fourth-order valence-electron chi connectivity index (χ4n) is 6.02. The fourth-order valence-corrected chi connectivity index (χ4v) is 6.02. The Hall–Kier alpha value is -3.13. The molecule has 2 fully saturated rings. The first-order chi connectivity index (χ1) is 19.0. The average molecular weight is 539 g/mol. The number of para-hydroxylation sites is 1.